The molecule has 0 aliphatic carbocycles. The summed E-state index contributed by atoms with van der Waals surface area (Å²) in [7, 11) is 0. The van der Waals surface area contributed by atoms with Crippen molar-refractivity contribution in [3.63, 3.8) is 0 Å². The lowest BCUT2D eigenvalue weighted by molar-refractivity contribution is 0.0981. The molecule has 98 valence electrons. The molecule has 0 unspecified atom stereocenters. The summed E-state index contributed by atoms with van der Waals surface area (Å²) in [6, 6.07) is 4.83. The van der Waals surface area contributed by atoms with Gasteiger partial charge >= 0.3 is 0 Å². The molecule has 1 saturated heterocycles. The van der Waals surface area contributed by atoms with Crippen molar-refractivity contribution in [1.29, 1.82) is 0 Å². The molecule has 0 aromatic heterocycles. The number of halogens is 1. The Morgan fingerprint density at radius 3 is 2.72 bits per heavy atom. The van der Waals surface area contributed by atoms with Gasteiger partial charge in [0.2, 0.25) is 0 Å². The van der Waals surface area contributed by atoms with E-state index in [1.807, 2.05) is 11.8 Å². The van der Waals surface area contributed by atoms with Crippen LogP contribution in [0.25, 0.3) is 0 Å². The zero-order valence-corrected chi connectivity index (χ0v) is 10.7. The number of carbonyl (C=O) groups is 1. The minimum absolute atomic E-state index is 0.0169. The fourth-order valence-electron chi connectivity index (χ4n) is 2.21. The fraction of sp³-hybridized carbons (Fsp3) is 0.500. The number of rotatable bonds is 4. The summed E-state index contributed by atoms with van der Waals surface area (Å²) in [5.74, 6) is -0.276. The minimum Gasteiger partial charge on any atom is -0.367 e. The number of benzene rings is 1. The first-order chi connectivity index (χ1) is 8.72. The van der Waals surface area contributed by atoms with E-state index in [0.717, 1.165) is 32.6 Å². The van der Waals surface area contributed by atoms with Crippen molar-refractivity contribution < 1.29 is 9.18 Å². The highest BCUT2D eigenvalue weighted by atomic mass is 19.1. The van der Waals surface area contributed by atoms with Crippen molar-refractivity contribution in [3.8, 4) is 0 Å². The normalized spacial score (nSPS) is 15.8. The van der Waals surface area contributed by atoms with Crippen molar-refractivity contribution >= 4 is 11.5 Å². The van der Waals surface area contributed by atoms with Crippen molar-refractivity contribution in [2.75, 3.05) is 31.1 Å². The van der Waals surface area contributed by atoms with Gasteiger partial charge in [0, 0.05) is 38.2 Å². The molecule has 0 radical (unpaired) electrons. The summed E-state index contributed by atoms with van der Waals surface area (Å²) in [4.78, 5) is 13.7. The molecule has 1 N–H and O–H groups in total. The molecule has 3 nitrogen and oxygen atoms in total. The number of hydrogen-bond donors (Lipinski definition) is 1. The maximum absolute atomic E-state index is 14.0. The zero-order valence-electron chi connectivity index (χ0n) is 10.7. The van der Waals surface area contributed by atoms with E-state index in [4.69, 9.17) is 0 Å². The third-order valence-electron chi connectivity index (χ3n) is 3.20. The Morgan fingerprint density at radius 1 is 1.39 bits per heavy atom. The van der Waals surface area contributed by atoms with Crippen LogP contribution in [0.5, 0.6) is 0 Å². The summed E-state index contributed by atoms with van der Waals surface area (Å²) >= 11 is 0. The predicted molar refractivity (Wildman–Crippen MR) is 70.7 cm³/mol. The molecule has 1 fully saturated rings. The maximum Gasteiger partial charge on any atom is 0.162 e. The number of anilines is 1. The van der Waals surface area contributed by atoms with Crippen LogP contribution in [0, 0.1) is 5.82 Å². The number of piperazine rings is 1. The van der Waals surface area contributed by atoms with E-state index in [1.54, 1.807) is 12.1 Å². The molecule has 1 heterocycles. The summed E-state index contributed by atoms with van der Waals surface area (Å²) in [6.07, 6.45) is 1.27. The van der Waals surface area contributed by atoms with Crippen molar-refractivity contribution in [2.45, 2.75) is 19.8 Å². The highest BCUT2D eigenvalue weighted by molar-refractivity contribution is 5.96. The minimum atomic E-state index is -0.293. The second kappa shape index (κ2) is 5.96. The molecule has 2 rings (SSSR count). The lowest BCUT2D eigenvalue weighted by Gasteiger charge is -2.29. The standard InChI is InChI=1S/C14H19FN2O/c1-2-3-14(18)11-4-5-13(12(15)10-11)17-8-6-16-7-9-17/h4-5,10,16H,2-3,6-9H2,1H3. The molecule has 0 spiro atoms. The van der Waals surface area contributed by atoms with Crippen molar-refractivity contribution in [3.05, 3.63) is 29.6 Å². The molecule has 0 atom stereocenters. The van der Waals surface area contributed by atoms with Gasteiger partial charge in [0.25, 0.3) is 0 Å². The summed E-state index contributed by atoms with van der Waals surface area (Å²) in [5, 5.41) is 3.23. The Bertz CT molecular complexity index is 428. The highest BCUT2D eigenvalue weighted by Gasteiger charge is 2.16. The molecular weight excluding hydrogens is 231 g/mol. The van der Waals surface area contributed by atoms with Gasteiger partial charge < -0.3 is 10.2 Å². The van der Waals surface area contributed by atoms with E-state index in [9.17, 15) is 9.18 Å². The number of ketones is 1. The first-order valence-electron chi connectivity index (χ1n) is 6.50. The van der Waals surface area contributed by atoms with Crippen molar-refractivity contribution in [1.82, 2.24) is 5.32 Å². The quantitative estimate of drug-likeness (QED) is 0.832. The predicted octanol–water partition coefficient (Wildman–Crippen LogP) is 2.22. The topological polar surface area (TPSA) is 32.3 Å². The SMILES string of the molecule is CCCC(=O)c1ccc(N2CCNCC2)c(F)c1. The molecule has 1 aromatic carbocycles. The third-order valence-corrected chi connectivity index (χ3v) is 3.20. The summed E-state index contributed by atoms with van der Waals surface area (Å²) in [5.41, 5.74) is 1.08. The van der Waals surface area contributed by atoms with Crippen LogP contribution in [0.2, 0.25) is 0 Å². The molecule has 0 saturated carbocycles. The summed E-state index contributed by atoms with van der Waals surface area (Å²) < 4.78 is 14.0. The van der Waals surface area contributed by atoms with Crippen LogP contribution in [0.15, 0.2) is 18.2 Å². The van der Waals surface area contributed by atoms with Crippen LogP contribution < -0.4 is 10.2 Å². The second-order valence-electron chi connectivity index (χ2n) is 4.58. The number of nitrogens with one attached hydrogen (secondary N) is 1. The van der Waals surface area contributed by atoms with Gasteiger partial charge in [-0.1, -0.05) is 6.92 Å². The molecule has 1 aliphatic rings. The number of hydrogen-bond acceptors (Lipinski definition) is 3. The second-order valence-corrected chi connectivity index (χ2v) is 4.58. The van der Waals surface area contributed by atoms with E-state index < -0.39 is 0 Å². The lowest BCUT2D eigenvalue weighted by Crippen LogP contribution is -2.43. The third kappa shape index (κ3) is 2.88. The monoisotopic (exact) mass is 250 g/mol. The average Bonchev–Trinajstić information content (AvgIpc) is 2.40. The fourth-order valence-corrected chi connectivity index (χ4v) is 2.21. The Labute approximate surface area is 107 Å². The number of Topliss-reactive ketones (excluding diaryl/α,β-unsaturated/α-hetero) is 1. The van der Waals surface area contributed by atoms with Crippen LogP contribution in [0.4, 0.5) is 10.1 Å². The van der Waals surface area contributed by atoms with E-state index in [1.165, 1.54) is 6.07 Å². The number of carbonyl (C=O) groups excluding carboxylic acids is 1. The van der Waals surface area contributed by atoms with E-state index >= 15 is 0 Å². The molecule has 1 aromatic rings. The largest absolute Gasteiger partial charge is 0.367 e. The zero-order chi connectivity index (χ0) is 13.0. The molecule has 18 heavy (non-hydrogen) atoms. The molecule has 0 bridgehead atoms. The van der Waals surface area contributed by atoms with Gasteiger partial charge in [-0.3, -0.25) is 4.79 Å². The van der Waals surface area contributed by atoms with E-state index in [0.29, 0.717) is 17.7 Å². The maximum atomic E-state index is 14.0. The van der Waals surface area contributed by atoms with Gasteiger partial charge in [0.05, 0.1) is 5.69 Å². The Morgan fingerprint density at radius 2 is 2.11 bits per heavy atom. The van der Waals surface area contributed by atoms with Crippen LogP contribution >= 0.6 is 0 Å². The van der Waals surface area contributed by atoms with Crippen LogP contribution in [-0.4, -0.2) is 32.0 Å². The van der Waals surface area contributed by atoms with Gasteiger partial charge in [0.15, 0.2) is 5.78 Å². The number of nitrogens with zero attached hydrogens (tertiary/aromatic N) is 1. The van der Waals surface area contributed by atoms with Crippen LogP contribution in [-0.2, 0) is 0 Å². The van der Waals surface area contributed by atoms with E-state index in [2.05, 4.69) is 5.32 Å². The lowest BCUT2D eigenvalue weighted by atomic mass is 10.1. The first-order valence-corrected chi connectivity index (χ1v) is 6.50. The first kappa shape index (κ1) is 13.0. The Balaban J connectivity index is 2.16. The van der Waals surface area contributed by atoms with Gasteiger partial charge in [-0.05, 0) is 24.6 Å². The molecular formula is C14H19FN2O. The van der Waals surface area contributed by atoms with Gasteiger partial charge in [-0.2, -0.15) is 0 Å². The smallest absolute Gasteiger partial charge is 0.162 e. The molecule has 0 amide bonds. The van der Waals surface area contributed by atoms with Crippen molar-refractivity contribution in [2.24, 2.45) is 0 Å². The van der Waals surface area contributed by atoms with Gasteiger partial charge in [0.1, 0.15) is 5.82 Å². The van der Waals surface area contributed by atoms with Crippen LogP contribution in [0.1, 0.15) is 30.1 Å². The average molecular weight is 250 g/mol. The van der Waals surface area contributed by atoms with E-state index in [-0.39, 0.29) is 11.6 Å². The Kier molecular flexibility index (Phi) is 4.31. The molecule has 1 aliphatic heterocycles. The molecule has 4 heteroatoms. The van der Waals surface area contributed by atoms with Gasteiger partial charge in [-0.25, -0.2) is 4.39 Å². The summed E-state index contributed by atoms with van der Waals surface area (Å²) in [6.45, 7) is 5.30. The van der Waals surface area contributed by atoms with Crippen LogP contribution in [0.3, 0.4) is 0 Å². The van der Waals surface area contributed by atoms with Gasteiger partial charge in [-0.15, -0.1) is 0 Å². The Hall–Kier alpha value is -1.42. The highest BCUT2D eigenvalue weighted by Crippen LogP contribution is 2.21.